The number of hydrogen-bond donors (Lipinski definition) is 1. The highest BCUT2D eigenvalue weighted by Gasteiger charge is 2.30. The van der Waals surface area contributed by atoms with Gasteiger partial charge in [-0.2, -0.15) is 4.98 Å². The molecule has 0 fully saturated rings. The fourth-order valence-electron chi connectivity index (χ4n) is 6.13. The Morgan fingerprint density at radius 2 is 1.90 bits per heavy atom. The molecule has 0 unspecified atom stereocenters. The first-order chi connectivity index (χ1) is 19.2. The van der Waals surface area contributed by atoms with Gasteiger partial charge in [0.15, 0.2) is 5.65 Å². The topological polar surface area (TPSA) is 88.3 Å². The predicted molar refractivity (Wildman–Crippen MR) is 159 cm³/mol. The molecular weight excluding hydrogens is 502 g/mol. The van der Waals surface area contributed by atoms with Crippen LogP contribution in [0.3, 0.4) is 0 Å². The monoisotopic (exact) mass is 537 g/mol. The lowest BCUT2D eigenvalue weighted by Gasteiger charge is -2.38. The summed E-state index contributed by atoms with van der Waals surface area (Å²) in [5.41, 5.74) is 5.54. The van der Waals surface area contributed by atoms with Crippen LogP contribution in [0.2, 0.25) is 0 Å². The zero-order chi connectivity index (χ0) is 28.0. The molecule has 2 aromatic heterocycles. The van der Waals surface area contributed by atoms with Crippen LogP contribution in [0.4, 0.5) is 17.3 Å². The van der Waals surface area contributed by atoms with Gasteiger partial charge >= 0.3 is 0 Å². The van der Waals surface area contributed by atoms with Crippen molar-refractivity contribution in [3.63, 3.8) is 0 Å². The number of benzene rings is 2. The summed E-state index contributed by atoms with van der Waals surface area (Å²) in [6.07, 6.45) is 7.33. The number of aromatic nitrogens is 4. The Hall–Kier alpha value is -4.24. The summed E-state index contributed by atoms with van der Waals surface area (Å²) < 4.78 is 3.51. The van der Waals surface area contributed by atoms with E-state index in [4.69, 9.17) is 4.98 Å². The molecule has 2 aliphatic rings. The number of allylic oxidation sites excluding steroid dienone is 2. The minimum absolute atomic E-state index is 0.0126. The summed E-state index contributed by atoms with van der Waals surface area (Å²) >= 11 is 0. The van der Waals surface area contributed by atoms with E-state index in [1.807, 2.05) is 35.0 Å². The molecule has 1 amide bonds. The molecule has 4 heterocycles. The van der Waals surface area contributed by atoms with E-state index in [-0.39, 0.29) is 16.9 Å². The Morgan fingerprint density at radius 1 is 1.07 bits per heavy atom. The summed E-state index contributed by atoms with van der Waals surface area (Å²) in [4.78, 5) is 39.5. The second-order valence-corrected chi connectivity index (χ2v) is 11.5. The molecule has 1 N–H and O–H groups in total. The van der Waals surface area contributed by atoms with E-state index in [2.05, 4.69) is 60.4 Å². The Balaban J connectivity index is 1.45. The molecule has 0 aliphatic carbocycles. The first-order valence-electron chi connectivity index (χ1n) is 13.8. The predicted octanol–water partition coefficient (Wildman–Crippen LogP) is 4.75. The van der Waals surface area contributed by atoms with Gasteiger partial charge in [-0.1, -0.05) is 38.1 Å². The maximum atomic E-state index is 13.5. The van der Waals surface area contributed by atoms with Gasteiger partial charge in [0.1, 0.15) is 5.39 Å². The number of anilines is 3. The van der Waals surface area contributed by atoms with Crippen LogP contribution in [-0.4, -0.2) is 50.3 Å². The second kappa shape index (κ2) is 10.1. The summed E-state index contributed by atoms with van der Waals surface area (Å²) in [6.45, 7) is 9.08. The molecule has 9 heteroatoms. The molecule has 9 nitrogen and oxygen atoms in total. The van der Waals surface area contributed by atoms with Crippen LogP contribution in [0, 0.1) is 0 Å². The van der Waals surface area contributed by atoms with Gasteiger partial charge in [-0.25, -0.2) is 14.3 Å². The van der Waals surface area contributed by atoms with E-state index < -0.39 is 0 Å². The lowest BCUT2D eigenvalue weighted by Crippen LogP contribution is -2.39. The average molecular weight is 538 g/mol. The Bertz CT molecular complexity index is 1700. The molecule has 4 aromatic rings. The summed E-state index contributed by atoms with van der Waals surface area (Å²) in [5.74, 6) is 0.404. The lowest BCUT2D eigenvalue weighted by molar-refractivity contribution is -0.116. The molecule has 40 heavy (non-hydrogen) atoms. The molecule has 0 atom stereocenters. The van der Waals surface area contributed by atoms with Crippen molar-refractivity contribution in [3.8, 4) is 5.69 Å². The van der Waals surface area contributed by atoms with Crippen molar-refractivity contribution in [3.05, 3.63) is 82.3 Å². The zero-order valence-corrected chi connectivity index (χ0v) is 23.5. The molecule has 2 aliphatic heterocycles. The highest BCUT2D eigenvalue weighted by Crippen LogP contribution is 2.34. The van der Waals surface area contributed by atoms with E-state index >= 15 is 0 Å². The van der Waals surface area contributed by atoms with Crippen molar-refractivity contribution in [2.24, 2.45) is 0 Å². The van der Waals surface area contributed by atoms with E-state index in [9.17, 15) is 9.59 Å². The fraction of sp³-hybridized carbons (Fsp3) is 0.355. The van der Waals surface area contributed by atoms with Gasteiger partial charge in [-0.15, -0.1) is 0 Å². The van der Waals surface area contributed by atoms with Gasteiger partial charge in [-0.3, -0.25) is 9.59 Å². The minimum Gasteiger partial charge on any atom is -0.324 e. The third kappa shape index (κ3) is 4.70. The molecule has 0 spiro atoms. The molecule has 2 bridgehead atoms. The molecule has 6 rings (SSSR count). The molecule has 206 valence electrons. The van der Waals surface area contributed by atoms with E-state index in [0.29, 0.717) is 30.1 Å². The van der Waals surface area contributed by atoms with Gasteiger partial charge in [0.05, 0.1) is 12.2 Å². The maximum Gasteiger partial charge on any atom is 0.278 e. The first kappa shape index (κ1) is 26.0. The van der Waals surface area contributed by atoms with Crippen LogP contribution < -0.4 is 15.8 Å². The first-order valence-corrected chi connectivity index (χ1v) is 13.8. The van der Waals surface area contributed by atoms with Crippen LogP contribution in [0.5, 0.6) is 0 Å². The van der Waals surface area contributed by atoms with Crippen molar-refractivity contribution < 1.29 is 4.79 Å². The van der Waals surface area contributed by atoms with Crippen molar-refractivity contribution in [1.29, 1.82) is 0 Å². The number of rotatable bonds is 2. The van der Waals surface area contributed by atoms with E-state index in [1.54, 1.807) is 22.7 Å². The van der Waals surface area contributed by atoms with Gasteiger partial charge in [0, 0.05) is 49.5 Å². The number of fused-ring (bicyclic) bond motifs is 7. The third-order valence-electron chi connectivity index (χ3n) is 7.84. The summed E-state index contributed by atoms with van der Waals surface area (Å²) in [7, 11) is 2.15. The third-order valence-corrected chi connectivity index (χ3v) is 7.84. The van der Waals surface area contributed by atoms with Crippen molar-refractivity contribution in [2.75, 3.05) is 30.4 Å². The standard InChI is InChI=1S/C31H35N7O2/c1-21(39)36-14-7-5-6-8-15-37-29(40)26-18-32-30(34-28(26)38(37)25-11-9-10-24(36)17-25)33-23-12-13-27-22(16-23)19-35(4)20-31(27,2)3/h6,8-13,16-18H,5,7,14-15,19-20H2,1-4H3,(H,32,33,34). The smallest absolute Gasteiger partial charge is 0.278 e. The normalized spacial score (nSPS) is 17.1. The number of likely N-dealkylation sites (N-methyl/N-ethyl adjacent to an activating group) is 1. The molecule has 0 saturated carbocycles. The van der Waals surface area contributed by atoms with Crippen LogP contribution in [-0.2, 0) is 23.3 Å². The van der Waals surface area contributed by atoms with Gasteiger partial charge in [0.25, 0.3) is 5.56 Å². The average Bonchev–Trinajstić information content (AvgIpc) is 3.17. The van der Waals surface area contributed by atoms with Crippen molar-refractivity contribution >= 4 is 34.3 Å². The van der Waals surface area contributed by atoms with Crippen LogP contribution in [0.15, 0.2) is 65.6 Å². The largest absolute Gasteiger partial charge is 0.324 e. The van der Waals surface area contributed by atoms with Crippen LogP contribution >= 0.6 is 0 Å². The van der Waals surface area contributed by atoms with Crippen LogP contribution in [0.25, 0.3) is 16.7 Å². The number of carbonyl (C=O) groups excluding carboxylic acids is 1. The maximum absolute atomic E-state index is 13.5. The van der Waals surface area contributed by atoms with Gasteiger partial charge < -0.3 is 15.1 Å². The summed E-state index contributed by atoms with van der Waals surface area (Å²) in [6, 6.07) is 14.1. The highest BCUT2D eigenvalue weighted by molar-refractivity contribution is 5.92. The van der Waals surface area contributed by atoms with Gasteiger partial charge in [0.2, 0.25) is 11.9 Å². The Labute approximate surface area is 233 Å². The molecule has 0 radical (unpaired) electrons. The molecular formula is C31H35N7O2. The van der Waals surface area contributed by atoms with Crippen molar-refractivity contribution in [2.45, 2.75) is 52.1 Å². The SMILES string of the molecule is CC(=O)N1CCCC=CCn2c(=O)c3cnc(Nc4ccc5c(c4)CN(C)CC5(C)C)nc3n2-c2cccc1c2. The minimum atomic E-state index is -0.156. The fourth-order valence-corrected chi connectivity index (χ4v) is 6.13. The molecule has 0 saturated heterocycles. The number of amides is 1. The van der Waals surface area contributed by atoms with Crippen molar-refractivity contribution in [1.82, 2.24) is 24.2 Å². The van der Waals surface area contributed by atoms with E-state index in [1.165, 1.54) is 11.1 Å². The zero-order valence-electron chi connectivity index (χ0n) is 23.5. The number of carbonyl (C=O) groups is 1. The Kier molecular flexibility index (Phi) is 6.54. The highest BCUT2D eigenvalue weighted by atomic mass is 16.2. The number of hydrogen-bond acceptors (Lipinski definition) is 6. The van der Waals surface area contributed by atoms with Crippen LogP contribution in [0.1, 0.15) is 44.7 Å². The van der Waals surface area contributed by atoms with E-state index in [0.717, 1.165) is 43.0 Å². The summed E-state index contributed by atoms with van der Waals surface area (Å²) in [5, 5.41) is 3.81. The number of nitrogens with zero attached hydrogens (tertiary/aromatic N) is 6. The second-order valence-electron chi connectivity index (χ2n) is 11.5. The molecule has 2 aromatic carbocycles. The Morgan fingerprint density at radius 3 is 2.73 bits per heavy atom. The quantitative estimate of drug-likeness (QED) is 0.371. The lowest BCUT2D eigenvalue weighted by atomic mass is 9.78. The van der Waals surface area contributed by atoms with Gasteiger partial charge in [-0.05, 0) is 61.3 Å². The number of nitrogens with one attached hydrogen (secondary N) is 1.